The average Bonchev–Trinajstić information content (AvgIpc) is 3.07. The number of rotatable bonds is 35. The van der Waals surface area contributed by atoms with Crippen LogP contribution in [0.1, 0.15) is 207 Å². The Labute approximate surface area is 298 Å². The monoisotopic (exact) mass is 676 g/mol. The molecule has 0 aliphatic heterocycles. The van der Waals surface area contributed by atoms with Gasteiger partial charge >= 0.3 is 0 Å². The van der Waals surface area contributed by atoms with Gasteiger partial charge in [-0.25, -0.2) is 0 Å². The van der Waals surface area contributed by atoms with Crippen molar-refractivity contribution >= 4 is 11.8 Å². The number of hydrogen-bond donors (Lipinski definition) is 4. The summed E-state index contributed by atoms with van der Waals surface area (Å²) in [5, 5.41) is 16.1. The molecule has 0 aromatic carbocycles. The fraction of sp³-hybridized carbons (Fsp3) is 0.857. The van der Waals surface area contributed by atoms with Gasteiger partial charge in [-0.2, -0.15) is 0 Å². The summed E-state index contributed by atoms with van der Waals surface area (Å²) in [6, 6.07) is -0.929. The molecule has 0 spiro atoms. The summed E-state index contributed by atoms with van der Waals surface area (Å²) < 4.78 is 0. The topological polar surface area (TPSA) is 104 Å². The van der Waals surface area contributed by atoms with E-state index >= 15 is 0 Å². The maximum atomic E-state index is 12.6. The molecular weight excluding hydrogens is 594 g/mol. The van der Waals surface area contributed by atoms with Crippen LogP contribution in [0, 0.1) is 0 Å². The second kappa shape index (κ2) is 33.8. The minimum Gasteiger partial charge on any atom is -0.394 e. The highest BCUT2D eigenvalue weighted by Gasteiger charge is 2.38. The SMILES string of the molecule is CCCCCCCC/C=C\CCCCCCCC(=O)NC(C)C(N)(CO)C(C)NC(=O)CCCCCCC/C=C\CCCCCCCC. The van der Waals surface area contributed by atoms with Gasteiger partial charge in [0, 0.05) is 24.9 Å². The number of carbonyl (C=O) groups excluding carboxylic acids is 2. The van der Waals surface area contributed by atoms with Crippen LogP contribution >= 0.6 is 0 Å². The number of aliphatic hydroxyl groups excluding tert-OH is 1. The Morgan fingerprint density at radius 3 is 1.08 bits per heavy atom. The zero-order valence-electron chi connectivity index (χ0n) is 32.3. The average molecular weight is 676 g/mol. The third-order valence-corrected chi connectivity index (χ3v) is 9.97. The van der Waals surface area contributed by atoms with Crippen molar-refractivity contribution in [3.8, 4) is 0 Å². The maximum absolute atomic E-state index is 12.6. The molecule has 0 aromatic heterocycles. The Hall–Kier alpha value is -1.66. The van der Waals surface area contributed by atoms with Crippen molar-refractivity contribution in [1.29, 1.82) is 0 Å². The van der Waals surface area contributed by atoms with Gasteiger partial charge in [0.1, 0.15) is 0 Å². The van der Waals surface area contributed by atoms with E-state index in [9.17, 15) is 14.7 Å². The quantitative estimate of drug-likeness (QED) is 0.0396. The standard InChI is InChI=1S/C42H81N3O3/c1-5-7-9-11-13-15-17-19-21-23-25-27-29-31-33-35-40(47)44-38(3)42(43,37-46)39(4)45-41(48)36-34-32-30-28-26-24-22-20-18-16-14-12-10-8-6-2/h19-22,38-39,46H,5-18,23-37,43H2,1-4H3,(H,44,47)(H,45,48)/b21-19-,22-20-. The molecule has 48 heavy (non-hydrogen) atoms. The molecule has 0 bridgehead atoms. The molecule has 2 atom stereocenters. The fourth-order valence-electron chi connectivity index (χ4n) is 6.26. The highest BCUT2D eigenvalue weighted by Crippen LogP contribution is 2.16. The van der Waals surface area contributed by atoms with Crippen LogP contribution in [0.3, 0.4) is 0 Å². The van der Waals surface area contributed by atoms with E-state index < -0.39 is 17.6 Å². The number of hydrogen-bond acceptors (Lipinski definition) is 4. The molecule has 2 unspecified atom stereocenters. The molecule has 2 amide bonds. The van der Waals surface area contributed by atoms with E-state index in [0.29, 0.717) is 12.8 Å². The van der Waals surface area contributed by atoms with Crippen LogP contribution < -0.4 is 16.4 Å². The number of allylic oxidation sites excluding steroid dienone is 4. The number of aliphatic hydroxyl groups is 1. The first-order valence-electron chi connectivity index (χ1n) is 20.6. The van der Waals surface area contributed by atoms with Crippen LogP contribution in [-0.2, 0) is 9.59 Å². The van der Waals surface area contributed by atoms with E-state index in [2.05, 4.69) is 48.8 Å². The minimum atomic E-state index is -1.13. The molecule has 6 heteroatoms. The Bertz CT molecular complexity index is 737. The van der Waals surface area contributed by atoms with Crippen molar-refractivity contribution in [2.75, 3.05) is 6.61 Å². The van der Waals surface area contributed by atoms with Crippen LogP contribution in [0.5, 0.6) is 0 Å². The molecule has 0 saturated heterocycles. The van der Waals surface area contributed by atoms with Gasteiger partial charge < -0.3 is 21.5 Å². The fourth-order valence-corrected chi connectivity index (χ4v) is 6.26. The lowest BCUT2D eigenvalue weighted by molar-refractivity contribution is -0.123. The lowest BCUT2D eigenvalue weighted by Gasteiger charge is -2.39. The molecule has 0 aliphatic carbocycles. The number of amides is 2. The van der Waals surface area contributed by atoms with E-state index in [-0.39, 0.29) is 18.4 Å². The third kappa shape index (κ3) is 27.2. The van der Waals surface area contributed by atoms with E-state index in [1.165, 1.54) is 116 Å². The minimum absolute atomic E-state index is 0.0461. The van der Waals surface area contributed by atoms with Crippen molar-refractivity contribution < 1.29 is 14.7 Å². The largest absolute Gasteiger partial charge is 0.394 e. The van der Waals surface area contributed by atoms with Crippen LogP contribution in [0.15, 0.2) is 24.3 Å². The van der Waals surface area contributed by atoms with Gasteiger partial charge in [-0.3, -0.25) is 9.59 Å². The molecule has 282 valence electrons. The van der Waals surface area contributed by atoms with E-state index in [4.69, 9.17) is 5.73 Å². The van der Waals surface area contributed by atoms with Gasteiger partial charge in [0.2, 0.25) is 11.8 Å². The van der Waals surface area contributed by atoms with Crippen molar-refractivity contribution in [3.05, 3.63) is 24.3 Å². The van der Waals surface area contributed by atoms with Gasteiger partial charge in [-0.05, 0) is 78.1 Å². The highest BCUT2D eigenvalue weighted by molar-refractivity contribution is 5.77. The molecule has 0 aliphatic rings. The normalized spacial score (nSPS) is 14.4. The molecule has 5 N–H and O–H groups in total. The second-order valence-corrected chi connectivity index (χ2v) is 14.5. The molecule has 0 rings (SSSR count). The van der Waals surface area contributed by atoms with E-state index in [0.717, 1.165) is 51.4 Å². The Kier molecular flexibility index (Phi) is 32.6. The third-order valence-electron chi connectivity index (χ3n) is 9.97. The zero-order valence-corrected chi connectivity index (χ0v) is 32.3. The molecule has 0 saturated carbocycles. The first-order chi connectivity index (χ1) is 23.3. The first kappa shape index (κ1) is 46.3. The van der Waals surface area contributed by atoms with Gasteiger partial charge in [0.15, 0.2) is 0 Å². The van der Waals surface area contributed by atoms with Crippen LogP contribution in [0.25, 0.3) is 0 Å². The Morgan fingerprint density at radius 1 is 0.521 bits per heavy atom. The number of nitrogens with one attached hydrogen (secondary N) is 2. The van der Waals surface area contributed by atoms with Crippen molar-refractivity contribution in [3.63, 3.8) is 0 Å². The van der Waals surface area contributed by atoms with Gasteiger partial charge in [0.25, 0.3) is 0 Å². The number of nitrogens with two attached hydrogens (primary N) is 1. The van der Waals surface area contributed by atoms with Crippen LogP contribution in [0.4, 0.5) is 0 Å². The number of unbranched alkanes of at least 4 members (excludes halogenated alkanes) is 22. The first-order valence-corrected chi connectivity index (χ1v) is 20.6. The highest BCUT2D eigenvalue weighted by atomic mass is 16.3. The molecule has 6 nitrogen and oxygen atoms in total. The molecule has 0 aromatic rings. The van der Waals surface area contributed by atoms with E-state index in [1.54, 1.807) is 0 Å². The van der Waals surface area contributed by atoms with Crippen LogP contribution in [0.2, 0.25) is 0 Å². The van der Waals surface area contributed by atoms with Gasteiger partial charge in [0.05, 0.1) is 12.1 Å². The van der Waals surface area contributed by atoms with Crippen LogP contribution in [-0.4, -0.2) is 41.2 Å². The second-order valence-electron chi connectivity index (χ2n) is 14.5. The Balaban J connectivity index is 3.95. The predicted octanol–water partition coefficient (Wildman–Crippen LogP) is 10.8. The molecular formula is C42H81N3O3. The summed E-state index contributed by atoms with van der Waals surface area (Å²) in [6.45, 7) is 7.84. The summed E-state index contributed by atoms with van der Waals surface area (Å²) >= 11 is 0. The smallest absolute Gasteiger partial charge is 0.220 e. The lowest BCUT2D eigenvalue weighted by atomic mass is 9.85. The van der Waals surface area contributed by atoms with Gasteiger partial charge in [-0.1, -0.05) is 141 Å². The van der Waals surface area contributed by atoms with Crippen molar-refractivity contribution in [2.45, 2.75) is 225 Å². The summed E-state index contributed by atoms with van der Waals surface area (Å²) in [6.07, 6.45) is 42.1. The summed E-state index contributed by atoms with van der Waals surface area (Å²) in [5.41, 5.74) is 5.43. The van der Waals surface area contributed by atoms with E-state index in [1.807, 2.05) is 13.8 Å². The Morgan fingerprint density at radius 2 is 0.792 bits per heavy atom. The molecule has 0 fully saturated rings. The number of carbonyl (C=O) groups is 2. The maximum Gasteiger partial charge on any atom is 0.220 e. The van der Waals surface area contributed by atoms with Crippen molar-refractivity contribution in [1.82, 2.24) is 10.6 Å². The zero-order chi connectivity index (χ0) is 35.6. The molecule has 0 radical (unpaired) electrons. The summed E-state index contributed by atoms with van der Waals surface area (Å²) in [4.78, 5) is 25.2. The summed E-state index contributed by atoms with van der Waals surface area (Å²) in [7, 11) is 0. The lowest BCUT2D eigenvalue weighted by Crippen LogP contribution is -2.69. The van der Waals surface area contributed by atoms with Gasteiger partial charge in [-0.15, -0.1) is 0 Å². The summed E-state index contributed by atoms with van der Waals surface area (Å²) in [5.74, 6) is -0.0922. The predicted molar refractivity (Wildman–Crippen MR) is 208 cm³/mol. The molecule has 0 heterocycles. The van der Waals surface area contributed by atoms with Crippen molar-refractivity contribution in [2.24, 2.45) is 5.73 Å².